The van der Waals surface area contributed by atoms with Crippen molar-refractivity contribution in [2.45, 2.75) is 13.5 Å². The number of hydrogen-bond donors (Lipinski definition) is 0. The number of benzene rings is 1. The van der Waals surface area contributed by atoms with Crippen LogP contribution in [-0.2, 0) is 6.61 Å². The van der Waals surface area contributed by atoms with E-state index in [0.717, 1.165) is 22.5 Å². The van der Waals surface area contributed by atoms with Gasteiger partial charge in [0.15, 0.2) is 11.5 Å². The van der Waals surface area contributed by atoms with E-state index in [1.54, 1.807) is 26.6 Å². The Bertz CT molecular complexity index is 1020. The van der Waals surface area contributed by atoms with Gasteiger partial charge in [-0.05, 0) is 36.8 Å². The van der Waals surface area contributed by atoms with Gasteiger partial charge in [0, 0.05) is 48.2 Å². The van der Waals surface area contributed by atoms with Crippen molar-refractivity contribution in [1.29, 1.82) is 0 Å². The molecule has 0 saturated carbocycles. The largest absolute Gasteiger partial charge is 0.493 e. The predicted molar refractivity (Wildman–Crippen MR) is 116 cm³/mol. The van der Waals surface area contributed by atoms with Crippen LogP contribution in [-0.4, -0.2) is 30.9 Å². The van der Waals surface area contributed by atoms with Gasteiger partial charge in [0.05, 0.1) is 32.8 Å². The molecule has 30 heavy (non-hydrogen) atoms. The highest BCUT2D eigenvalue weighted by Crippen LogP contribution is 2.37. The van der Waals surface area contributed by atoms with Gasteiger partial charge in [-0.1, -0.05) is 0 Å². The number of aromatic nitrogens is 2. The summed E-state index contributed by atoms with van der Waals surface area (Å²) in [6.45, 7) is 3.14. The van der Waals surface area contributed by atoms with Crippen LogP contribution < -0.4 is 24.0 Å². The third kappa shape index (κ3) is 4.15. The number of nitrogens with zero attached hydrogens (tertiary/aromatic N) is 4. The van der Waals surface area contributed by atoms with Crippen molar-refractivity contribution < 1.29 is 14.2 Å². The first-order valence-electron chi connectivity index (χ1n) is 9.60. The Balaban J connectivity index is 1.52. The Kier molecular flexibility index (Phi) is 5.70. The van der Waals surface area contributed by atoms with Crippen molar-refractivity contribution in [2.75, 3.05) is 30.7 Å². The van der Waals surface area contributed by atoms with Gasteiger partial charge in [-0.15, -0.1) is 0 Å². The molecule has 0 spiro atoms. The summed E-state index contributed by atoms with van der Waals surface area (Å²) in [6, 6.07) is 11.7. The zero-order valence-electron chi connectivity index (χ0n) is 17.3. The second kappa shape index (κ2) is 8.73. The predicted octanol–water partition coefficient (Wildman–Crippen LogP) is 4.14. The van der Waals surface area contributed by atoms with Crippen LogP contribution in [0.25, 0.3) is 0 Å². The van der Waals surface area contributed by atoms with Gasteiger partial charge in [-0.3, -0.25) is 4.98 Å². The molecule has 0 fully saturated rings. The molecule has 154 valence electrons. The van der Waals surface area contributed by atoms with Gasteiger partial charge in [0.1, 0.15) is 6.61 Å². The maximum atomic E-state index is 6.07. The van der Waals surface area contributed by atoms with E-state index in [1.165, 1.54) is 0 Å². The lowest BCUT2D eigenvalue weighted by atomic mass is 10.1. The summed E-state index contributed by atoms with van der Waals surface area (Å²) in [5.41, 5.74) is 4.15. The molecule has 0 N–H and O–H groups in total. The Labute approximate surface area is 176 Å². The van der Waals surface area contributed by atoms with Gasteiger partial charge in [0.25, 0.3) is 0 Å². The number of methoxy groups -OCH3 is 2. The molecule has 0 aliphatic carbocycles. The summed E-state index contributed by atoms with van der Waals surface area (Å²) in [6.07, 6.45) is 9.47. The number of anilines is 2. The molecular weight excluding hydrogens is 380 g/mol. The van der Waals surface area contributed by atoms with Gasteiger partial charge < -0.3 is 24.0 Å². The third-order valence-corrected chi connectivity index (χ3v) is 4.90. The summed E-state index contributed by atoms with van der Waals surface area (Å²) in [4.78, 5) is 12.7. The molecule has 0 amide bonds. The minimum Gasteiger partial charge on any atom is -0.493 e. The first-order chi connectivity index (χ1) is 14.7. The molecule has 0 bridgehead atoms. The molecule has 4 rings (SSSR count). The van der Waals surface area contributed by atoms with Crippen LogP contribution in [0.2, 0.25) is 0 Å². The van der Waals surface area contributed by atoms with Crippen LogP contribution in [0.1, 0.15) is 11.1 Å². The molecule has 1 aliphatic rings. The Morgan fingerprint density at radius 3 is 2.53 bits per heavy atom. The fraction of sp³-hybridized carbons (Fsp3) is 0.217. The van der Waals surface area contributed by atoms with Crippen LogP contribution in [0, 0.1) is 6.92 Å². The van der Waals surface area contributed by atoms with E-state index >= 15 is 0 Å². The minimum absolute atomic E-state index is 0.382. The number of rotatable bonds is 7. The highest BCUT2D eigenvalue weighted by atomic mass is 16.5. The first-order valence-corrected chi connectivity index (χ1v) is 9.60. The number of hydrogen-bond acceptors (Lipinski definition) is 7. The molecule has 3 aromatic rings. The molecule has 1 aromatic carbocycles. The van der Waals surface area contributed by atoms with Gasteiger partial charge >= 0.3 is 0 Å². The normalized spacial score (nSPS) is 12.9. The molecule has 7 heteroatoms. The monoisotopic (exact) mass is 404 g/mol. The van der Waals surface area contributed by atoms with Gasteiger partial charge in [-0.2, -0.15) is 0 Å². The van der Waals surface area contributed by atoms with Crippen molar-refractivity contribution >= 4 is 11.4 Å². The van der Waals surface area contributed by atoms with E-state index in [4.69, 9.17) is 14.2 Å². The molecule has 0 unspecified atom stereocenters. The lowest BCUT2D eigenvalue weighted by molar-refractivity contribution is 0.283. The van der Waals surface area contributed by atoms with Crippen LogP contribution in [0.3, 0.4) is 0 Å². The number of ether oxygens (including phenoxy) is 3. The second-order valence-corrected chi connectivity index (χ2v) is 6.88. The summed E-state index contributed by atoms with van der Waals surface area (Å²) >= 11 is 0. The van der Waals surface area contributed by atoms with E-state index in [-0.39, 0.29) is 0 Å². The maximum Gasteiger partial charge on any atom is 0.212 e. The Morgan fingerprint density at radius 1 is 0.967 bits per heavy atom. The molecule has 7 nitrogen and oxygen atoms in total. The fourth-order valence-corrected chi connectivity index (χ4v) is 3.28. The van der Waals surface area contributed by atoms with Gasteiger partial charge in [-0.25, -0.2) is 4.98 Å². The van der Waals surface area contributed by atoms with Crippen LogP contribution in [0.5, 0.6) is 17.4 Å². The van der Waals surface area contributed by atoms with E-state index in [0.29, 0.717) is 30.7 Å². The molecule has 0 saturated heterocycles. The highest BCUT2D eigenvalue weighted by molar-refractivity contribution is 5.66. The van der Waals surface area contributed by atoms with Crippen molar-refractivity contribution in [3.8, 4) is 17.4 Å². The average molecular weight is 404 g/mol. The zero-order chi connectivity index (χ0) is 20.9. The minimum atomic E-state index is 0.382. The lowest BCUT2D eigenvalue weighted by Crippen LogP contribution is -2.25. The van der Waals surface area contributed by atoms with Crippen molar-refractivity contribution in [2.24, 2.45) is 0 Å². The standard InChI is InChI=1S/C23H24N4O3/c1-17-11-21(28-2)22(30-15-18-6-7-23(29-3)25-13-18)12-20(17)27-10-9-26(16-27)19-5-4-8-24-14-19/h4-14H,15-16H2,1-3H3. The van der Waals surface area contributed by atoms with Gasteiger partial charge in [0.2, 0.25) is 5.88 Å². The summed E-state index contributed by atoms with van der Waals surface area (Å²) in [5, 5.41) is 0. The second-order valence-electron chi connectivity index (χ2n) is 6.88. The fourth-order valence-electron chi connectivity index (χ4n) is 3.28. The lowest BCUT2D eigenvalue weighted by Gasteiger charge is -2.24. The van der Waals surface area contributed by atoms with Crippen LogP contribution in [0.4, 0.5) is 11.4 Å². The average Bonchev–Trinajstić information content (AvgIpc) is 3.29. The molecule has 3 heterocycles. The molecule has 0 atom stereocenters. The van der Waals surface area contributed by atoms with Crippen LogP contribution >= 0.6 is 0 Å². The Morgan fingerprint density at radius 2 is 1.83 bits per heavy atom. The first kappa shape index (κ1) is 19.6. The smallest absolute Gasteiger partial charge is 0.212 e. The van der Waals surface area contributed by atoms with Crippen molar-refractivity contribution in [1.82, 2.24) is 9.97 Å². The number of aryl methyl sites for hydroxylation is 1. The third-order valence-electron chi connectivity index (χ3n) is 4.90. The summed E-state index contributed by atoms with van der Waals surface area (Å²) in [5.74, 6) is 1.96. The van der Waals surface area contributed by atoms with E-state index in [9.17, 15) is 0 Å². The summed E-state index contributed by atoms with van der Waals surface area (Å²) in [7, 11) is 3.25. The van der Waals surface area contributed by atoms with Crippen molar-refractivity contribution in [3.05, 3.63) is 78.5 Å². The SMILES string of the molecule is COc1ccc(COc2cc(N3C=CN(c4cccnc4)C3)c(C)cc2OC)cn1. The molecular formula is C23H24N4O3. The summed E-state index contributed by atoms with van der Waals surface area (Å²) < 4.78 is 16.7. The van der Waals surface area contributed by atoms with E-state index in [1.807, 2.05) is 48.8 Å². The maximum absolute atomic E-state index is 6.07. The molecule has 1 aliphatic heterocycles. The quantitative estimate of drug-likeness (QED) is 0.587. The van der Waals surface area contributed by atoms with E-state index in [2.05, 4.69) is 32.9 Å². The van der Waals surface area contributed by atoms with Crippen molar-refractivity contribution in [3.63, 3.8) is 0 Å². The highest BCUT2D eigenvalue weighted by Gasteiger charge is 2.19. The topological polar surface area (TPSA) is 60.0 Å². The zero-order valence-corrected chi connectivity index (χ0v) is 17.3. The molecule has 0 radical (unpaired) electrons. The number of pyridine rings is 2. The van der Waals surface area contributed by atoms with Crippen LogP contribution in [0.15, 0.2) is 67.4 Å². The Hall–Kier alpha value is -3.74. The molecule has 2 aromatic heterocycles. The van der Waals surface area contributed by atoms with E-state index < -0.39 is 0 Å².